The van der Waals surface area contributed by atoms with Gasteiger partial charge in [0.2, 0.25) is 0 Å². The average molecular weight is 270 g/mol. The molecule has 0 spiro atoms. The first-order chi connectivity index (χ1) is 6.84. The molecule has 74 valence electrons. The second kappa shape index (κ2) is 6.94. The highest BCUT2D eigenvalue weighted by molar-refractivity contribution is 9.10. The number of rotatable bonds is 5. The normalized spacial score (nSPS) is 9.71. The third-order valence-corrected chi connectivity index (χ3v) is 3.63. The fourth-order valence-electron chi connectivity index (χ4n) is 0.956. The van der Waals surface area contributed by atoms with Crippen LogP contribution in [0.15, 0.2) is 33.6 Å². The van der Waals surface area contributed by atoms with Crippen LogP contribution in [-0.2, 0) is 0 Å². The van der Waals surface area contributed by atoms with E-state index in [-0.39, 0.29) is 0 Å². The number of nitrogens with one attached hydrogen (secondary N) is 1. The fraction of sp³-hybridized carbons (Fsp3) is 0.273. The van der Waals surface area contributed by atoms with Gasteiger partial charge < -0.3 is 5.32 Å². The van der Waals surface area contributed by atoms with Gasteiger partial charge in [-0.3, -0.25) is 0 Å². The summed E-state index contributed by atoms with van der Waals surface area (Å²) < 4.78 is 1.15. The zero-order valence-corrected chi connectivity index (χ0v) is 10.2. The van der Waals surface area contributed by atoms with Gasteiger partial charge in [-0.1, -0.05) is 18.1 Å². The van der Waals surface area contributed by atoms with E-state index in [1.54, 1.807) is 0 Å². The van der Waals surface area contributed by atoms with Crippen LogP contribution in [0.25, 0.3) is 0 Å². The molecule has 0 aliphatic heterocycles. The molecule has 0 fully saturated rings. The molecule has 1 aromatic carbocycles. The van der Waals surface area contributed by atoms with Crippen molar-refractivity contribution in [3.63, 3.8) is 0 Å². The minimum Gasteiger partial charge on any atom is -0.305 e. The molecule has 0 bridgehead atoms. The number of halogens is 1. The molecule has 0 saturated carbocycles. The Morgan fingerprint density at radius 3 is 2.93 bits per heavy atom. The van der Waals surface area contributed by atoms with Crippen LogP contribution >= 0.6 is 27.7 Å². The zero-order valence-electron chi connectivity index (χ0n) is 7.79. The summed E-state index contributed by atoms with van der Waals surface area (Å²) in [6.45, 7) is 1.59. The highest BCUT2D eigenvalue weighted by Crippen LogP contribution is 2.26. The molecule has 0 heterocycles. The van der Waals surface area contributed by atoms with Crippen molar-refractivity contribution in [2.45, 2.75) is 4.90 Å². The van der Waals surface area contributed by atoms with E-state index in [1.807, 2.05) is 23.9 Å². The largest absolute Gasteiger partial charge is 0.305 e. The van der Waals surface area contributed by atoms with E-state index >= 15 is 0 Å². The van der Waals surface area contributed by atoms with E-state index < -0.39 is 0 Å². The molecule has 1 N–H and O–H groups in total. The van der Waals surface area contributed by atoms with E-state index in [1.165, 1.54) is 4.90 Å². The summed E-state index contributed by atoms with van der Waals surface area (Å²) in [5.74, 6) is 3.58. The Bertz CT molecular complexity index is 319. The molecular weight excluding hydrogens is 258 g/mol. The monoisotopic (exact) mass is 269 g/mol. The number of thioether (sulfide) groups is 1. The van der Waals surface area contributed by atoms with Crippen LogP contribution in [-0.4, -0.2) is 18.8 Å². The lowest BCUT2D eigenvalue weighted by molar-refractivity contribution is 0.818. The maximum atomic E-state index is 5.12. The molecule has 0 aliphatic carbocycles. The van der Waals surface area contributed by atoms with Gasteiger partial charge in [-0.15, -0.1) is 18.2 Å². The van der Waals surface area contributed by atoms with Crippen LogP contribution in [0, 0.1) is 12.3 Å². The Hall–Kier alpha value is -0.430. The number of hydrogen-bond acceptors (Lipinski definition) is 2. The second-order valence-corrected chi connectivity index (χ2v) is 4.65. The average Bonchev–Trinajstić information content (AvgIpc) is 2.20. The van der Waals surface area contributed by atoms with Crippen molar-refractivity contribution < 1.29 is 0 Å². The van der Waals surface area contributed by atoms with Crippen LogP contribution in [0.4, 0.5) is 0 Å². The Balaban J connectivity index is 2.25. The Morgan fingerprint density at radius 2 is 2.21 bits per heavy atom. The minimum atomic E-state index is 0.649. The number of hydrogen-bond donors (Lipinski definition) is 1. The van der Waals surface area contributed by atoms with Crippen molar-refractivity contribution >= 4 is 27.7 Å². The second-order valence-electron chi connectivity index (χ2n) is 2.66. The third-order valence-electron chi connectivity index (χ3n) is 1.60. The van der Waals surface area contributed by atoms with Crippen molar-refractivity contribution in [2.24, 2.45) is 0 Å². The minimum absolute atomic E-state index is 0.649. The van der Waals surface area contributed by atoms with Gasteiger partial charge in [0.15, 0.2) is 0 Å². The van der Waals surface area contributed by atoms with Crippen LogP contribution in [0.5, 0.6) is 0 Å². The molecule has 0 aromatic heterocycles. The van der Waals surface area contributed by atoms with Crippen LogP contribution in [0.3, 0.4) is 0 Å². The van der Waals surface area contributed by atoms with E-state index in [0.29, 0.717) is 6.54 Å². The Morgan fingerprint density at radius 1 is 1.43 bits per heavy atom. The maximum Gasteiger partial charge on any atom is 0.0574 e. The van der Waals surface area contributed by atoms with Crippen LogP contribution in [0.2, 0.25) is 0 Å². The highest BCUT2D eigenvalue weighted by atomic mass is 79.9. The summed E-state index contributed by atoms with van der Waals surface area (Å²) in [4.78, 5) is 1.27. The van der Waals surface area contributed by atoms with Gasteiger partial charge in [-0.25, -0.2) is 0 Å². The molecule has 1 rings (SSSR count). The predicted molar refractivity (Wildman–Crippen MR) is 66.6 cm³/mol. The Labute approximate surface area is 97.8 Å². The number of benzene rings is 1. The van der Waals surface area contributed by atoms with Crippen molar-refractivity contribution in [1.82, 2.24) is 5.32 Å². The molecule has 1 nitrogen and oxygen atoms in total. The molecule has 0 saturated heterocycles. The summed E-state index contributed by atoms with van der Waals surface area (Å²) in [5, 5.41) is 3.15. The van der Waals surface area contributed by atoms with E-state index in [9.17, 15) is 0 Å². The lowest BCUT2D eigenvalue weighted by Crippen LogP contribution is -2.16. The summed E-state index contributed by atoms with van der Waals surface area (Å²) >= 11 is 5.33. The van der Waals surface area contributed by atoms with Gasteiger partial charge >= 0.3 is 0 Å². The van der Waals surface area contributed by atoms with Gasteiger partial charge in [0.1, 0.15) is 0 Å². The molecule has 14 heavy (non-hydrogen) atoms. The smallest absolute Gasteiger partial charge is 0.0574 e. The van der Waals surface area contributed by atoms with E-state index in [0.717, 1.165) is 16.8 Å². The number of terminal acetylenes is 1. The van der Waals surface area contributed by atoms with Gasteiger partial charge in [0, 0.05) is 21.7 Å². The summed E-state index contributed by atoms with van der Waals surface area (Å²) in [6, 6.07) is 8.22. The maximum absolute atomic E-state index is 5.12. The summed E-state index contributed by atoms with van der Waals surface area (Å²) in [5.41, 5.74) is 0. The van der Waals surface area contributed by atoms with Crippen molar-refractivity contribution in [3.05, 3.63) is 28.7 Å². The standard InChI is InChI=1S/C11H12BrNS/c1-2-7-13-8-9-14-11-6-4-3-5-10(11)12/h1,3-6,13H,7-9H2. The topological polar surface area (TPSA) is 12.0 Å². The van der Waals surface area contributed by atoms with Gasteiger partial charge in [-0.2, -0.15) is 0 Å². The highest BCUT2D eigenvalue weighted by Gasteiger charge is 1.97. The van der Waals surface area contributed by atoms with E-state index in [4.69, 9.17) is 6.42 Å². The van der Waals surface area contributed by atoms with Crippen LogP contribution < -0.4 is 5.32 Å². The quantitative estimate of drug-likeness (QED) is 0.501. The molecule has 0 radical (unpaired) electrons. The summed E-state index contributed by atoms with van der Waals surface area (Å²) in [6.07, 6.45) is 5.12. The molecule has 0 atom stereocenters. The van der Waals surface area contributed by atoms with Gasteiger partial charge in [0.25, 0.3) is 0 Å². The predicted octanol–water partition coefficient (Wildman–Crippen LogP) is 2.76. The van der Waals surface area contributed by atoms with Crippen molar-refractivity contribution in [2.75, 3.05) is 18.8 Å². The fourth-order valence-corrected chi connectivity index (χ4v) is 2.43. The first-order valence-corrected chi connectivity index (χ1v) is 6.14. The third kappa shape index (κ3) is 4.19. The molecule has 0 unspecified atom stereocenters. The molecule has 0 aliphatic rings. The first-order valence-electron chi connectivity index (χ1n) is 4.36. The van der Waals surface area contributed by atoms with E-state index in [2.05, 4.69) is 39.3 Å². The van der Waals surface area contributed by atoms with Gasteiger partial charge in [0.05, 0.1) is 6.54 Å². The molecule has 0 amide bonds. The Kier molecular flexibility index (Phi) is 5.77. The van der Waals surface area contributed by atoms with Crippen LogP contribution in [0.1, 0.15) is 0 Å². The zero-order chi connectivity index (χ0) is 10.2. The van der Waals surface area contributed by atoms with Crippen molar-refractivity contribution in [3.8, 4) is 12.3 Å². The van der Waals surface area contributed by atoms with Crippen molar-refractivity contribution in [1.29, 1.82) is 0 Å². The molecule has 3 heteroatoms. The lowest BCUT2D eigenvalue weighted by Gasteiger charge is -2.03. The van der Waals surface area contributed by atoms with Gasteiger partial charge in [-0.05, 0) is 28.1 Å². The summed E-state index contributed by atoms with van der Waals surface area (Å²) in [7, 11) is 0. The lowest BCUT2D eigenvalue weighted by atomic mass is 10.4. The SMILES string of the molecule is C#CCNCCSc1ccccc1Br. The first kappa shape index (κ1) is 11.6. The molecular formula is C11H12BrNS. The molecule has 1 aromatic rings.